The fourth-order valence-electron chi connectivity index (χ4n) is 5.00. The molecule has 0 radical (unpaired) electrons. The first-order chi connectivity index (χ1) is 16.6. The number of halogens is 2. The van der Waals surface area contributed by atoms with Crippen molar-refractivity contribution in [1.29, 1.82) is 0 Å². The number of rotatable bonds is 5. The molecule has 7 nitrogen and oxygen atoms in total. The second-order valence-electron chi connectivity index (χ2n) is 9.32. The molecule has 5 rings (SSSR count). The lowest BCUT2D eigenvalue weighted by Crippen LogP contribution is -2.26. The number of hydrogen-bond acceptors (Lipinski definition) is 5. The number of fused-ring (bicyclic) bond motifs is 1. The second kappa shape index (κ2) is 8.48. The number of pyridine rings is 1. The quantitative estimate of drug-likeness (QED) is 0.352. The zero-order chi connectivity index (χ0) is 24.9. The molecular weight excluding hydrogens is 456 g/mol. The molecule has 182 valence electrons. The minimum atomic E-state index is -2.60. The summed E-state index contributed by atoms with van der Waals surface area (Å²) in [6.45, 7) is 4.24. The van der Waals surface area contributed by atoms with Crippen LogP contribution in [0.1, 0.15) is 47.5 Å². The number of carbonyl (C=O) groups is 1. The molecule has 3 aromatic heterocycles. The highest BCUT2D eigenvalue weighted by Gasteiger charge is 2.35. The van der Waals surface area contributed by atoms with Crippen LogP contribution in [0.3, 0.4) is 0 Å². The van der Waals surface area contributed by atoms with Gasteiger partial charge in [-0.25, -0.2) is 13.6 Å². The Balaban J connectivity index is 1.61. The van der Waals surface area contributed by atoms with Crippen LogP contribution in [-0.2, 0) is 6.54 Å². The molecule has 0 bridgehead atoms. The van der Waals surface area contributed by atoms with Gasteiger partial charge < -0.3 is 19.3 Å². The zero-order valence-corrected chi connectivity index (χ0v) is 19.4. The van der Waals surface area contributed by atoms with Crippen LogP contribution in [0.25, 0.3) is 33.3 Å². The van der Waals surface area contributed by atoms with Crippen LogP contribution in [0.5, 0.6) is 5.75 Å². The van der Waals surface area contributed by atoms with Gasteiger partial charge in [0.05, 0.1) is 16.7 Å². The maximum atomic E-state index is 13.7. The number of carboxylic acid groups (broad SMARTS) is 1. The molecule has 1 saturated carbocycles. The first-order valence-corrected chi connectivity index (χ1v) is 11.5. The predicted octanol–water partition coefficient (Wildman–Crippen LogP) is 6.20. The van der Waals surface area contributed by atoms with E-state index in [9.17, 15) is 23.8 Å². The van der Waals surface area contributed by atoms with Crippen LogP contribution < -0.4 is 0 Å². The molecule has 9 heteroatoms. The third-order valence-electron chi connectivity index (χ3n) is 6.87. The topological polar surface area (TPSA) is 101 Å². The van der Waals surface area contributed by atoms with Crippen molar-refractivity contribution in [2.24, 2.45) is 5.92 Å². The summed E-state index contributed by atoms with van der Waals surface area (Å²) in [5, 5.41) is 23.5. The third kappa shape index (κ3) is 4.26. The van der Waals surface area contributed by atoms with E-state index in [-0.39, 0.29) is 30.1 Å². The Kier molecular flexibility index (Phi) is 5.57. The van der Waals surface area contributed by atoms with E-state index < -0.39 is 11.9 Å². The van der Waals surface area contributed by atoms with Crippen molar-refractivity contribution in [3.05, 3.63) is 53.7 Å². The highest BCUT2D eigenvalue weighted by atomic mass is 19.3. The molecule has 0 atom stereocenters. The molecule has 0 unspecified atom stereocenters. The number of carboxylic acids is 1. The average molecular weight is 481 g/mol. The number of aromatic nitrogens is 3. The van der Waals surface area contributed by atoms with Crippen molar-refractivity contribution < 1.29 is 28.3 Å². The van der Waals surface area contributed by atoms with Crippen molar-refractivity contribution in [3.63, 3.8) is 0 Å². The van der Waals surface area contributed by atoms with Gasteiger partial charge in [0, 0.05) is 48.5 Å². The van der Waals surface area contributed by atoms with Gasteiger partial charge in [-0.15, -0.1) is 0 Å². The Bertz CT molecular complexity index is 1410. The summed E-state index contributed by atoms with van der Waals surface area (Å²) >= 11 is 0. The Hall–Kier alpha value is -3.75. The lowest BCUT2D eigenvalue weighted by molar-refractivity contribution is -0.0472. The van der Waals surface area contributed by atoms with E-state index in [1.54, 1.807) is 12.3 Å². The van der Waals surface area contributed by atoms with Gasteiger partial charge in [0.15, 0.2) is 0 Å². The number of alkyl halides is 2. The first kappa shape index (κ1) is 23.0. The molecular formula is C26H25F2N3O4. The van der Waals surface area contributed by atoms with Crippen LogP contribution >= 0.6 is 0 Å². The molecule has 3 heterocycles. The summed E-state index contributed by atoms with van der Waals surface area (Å²) < 4.78 is 34.8. The van der Waals surface area contributed by atoms with Gasteiger partial charge in [-0.1, -0.05) is 11.2 Å². The van der Waals surface area contributed by atoms with E-state index >= 15 is 0 Å². The predicted molar refractivity (Wildman–Crippen MR) is 126 cm³/mol. The maximum absolute atomic E-state index is 13.7. The second-order valence-corrected chi connectivity index (χ2v) is 9.32. The van der Waals surface area contributed by atoms with Crippen molar-refractivity contribution in [3.8, 4) is 28.0 Å². The highest BCUT2D eigenvalue weighted by Crippen LogP contribution is 2.39. The summed E-state index contributed by atoms with van der Waals surface area (Å²) in [7, 11) is 0. The van der Waals surface area contributed by atoms with Gasteiger partial charge in [0.25, 0.3) is 0 Å². The number of nitrogens with zero attached hydrogens (tertiary/aromatic N) is 3. The highest BCUT2D eigenvalue weighted by molar-refractivity contribution is 5.97. The standard InChI is InChI=1S/C26H25F2N3O4/c1-14-23(15(2)35-30-14)18-9-21-24(29-11-18)20(17-3-4-19(25(33)34)22(32)10-17)13-31(21)12-16-5-7-26(27,28)8-6-16/h3-4,9-11,13,16,32H,5-8,12H2,1-2H3,(H,33,34). The van der Waals surface area contributed by atoms with E-state index in [1.807, 2.05) is 30.7 Å². The fourth-order valence-corrected chi connectivity index (χ4v) is 5.00. The Morgan fingerprint density at radius 3 is 2.57 bits per heavy atom. The van der Waals surface area contributed by atoms with Crippen molar-refractivity contribution in [2.45, 2.75) is 52.0 Å². The van der Waals surface area contributed by atoms with Gasteiger partial charge in [0.1, 0.15) is 17.1 Å². The number of aromatic hydroxyl groups is 1. The fraction of sp³-hybridized carbons (Fsp3) is 0.346. The first-order valence-electron chi connectivity index (χ1n) is 11.5. The molecule has 1 fully saturated rings. The summed E-state index contributed by atoms with van der Waals surface area (Å²) in [4.78, 5) is 16.0. The summed E-state index contributed by atoms with van der Waals surface area (Å²) in [6.07, 6.45) is 4.28. The summed E-state index contributed by atoms with van der Waals surface area (Å²) in [6, 6.07) is 6.39. The number of phenols is 1. The average Bonchev–Trinajstić information content (AvgIpc) is 3.33. The maximum Gasteiger partial charge on any atom is 0.339 e. The number of aryl methyl sites for hydroxylation is 2. The molecule has 1 aromatic carbocycles. The van der Waals surface area contributed by atoms with Crippen LogP contribution in [-0.4, -0.2) is 36.8 Å². The minimum Gasteiger partial charge on any atom is -0.507 e. The molecule has 4 aromatic rings. The van der Waals surface area contributed by atoms with E-state index in [0.29, 0.717) is 36.2 Å². The van der Waals surface area contributed by atoms with E-state index in [4.69, 9.17) is 9.51 Å². The largest absolute Gasteiger partial charge is 0.507 e. The summed E-state index contributed by atoms with van der Waals surface area (Å²) in [5.74, 6) is -3.37. The Morgan fingerprint density at radius 1 is 1.20 bits per heavy atom. The van der Waals surface area contributed by atoms with Crippen molar-refractivity contribution in [1.82, 2.24) is 14.7 Å². The van der Waals surface area contributed by atoms with Gasteiger partial charge in [-0.3, -0.25) is 4.98 Å². The molecule has 2 N–H and O–H groups in total. The van der Waals surface area contributed by atoms with E-state index in [1.165, 1.54) is 12.1 Å². The number of benzene rings is 1. The molecule has 1 aliphatic carbocycles. The SMILES string of the molecule is Cc1noc(C)c1-c1cnc2c(-c3ccc(C(=O)O)c(O)c3)cn(CC3CCC(F)(F)CC3)c2c1. The molecule has 0 aliphatic heterocycles. The van der Waals surface area contributed by atoms with Crippen LogP contribution in [0.15, 0.2) is 41.2 Å². The van der Waals surface area contributed by atoms with Crippen LogP contribution in [0.2, 0.25) is 0 Å². The third-order valence-corrected chi connectivity index (χ3v) is 6.87. The lowest BCUT2D eigenvalue weighted by Gasteiger charge is -2.28. The minimum absolute atomic E-state index is 0.101. The van der Waals surface area contributed by atoms with Crippen LogP contribution in [0, 0.1) is 19.8 Å². The van der Waals surface area contributed by atoms with Gasteiger partial charge in [-0.2, -0.15) is 0 Å². The molecule has 0 amide bonds. The van der Waals surface area contributed by atoms with Gasteiger partial charge in [-0.05, 0) is 56.4 Å². The zero-order valence-electron chi connectivity index (χ0n) is 19.4. The monoisotopic (exact) mass is 481 g/mol. The van der Waals surface area contributed by atoms with Gasteiger partial charge in [0.2, 0.25) is 5.92 Å². The van der Waals surface area contributed by atoms with Crippen molar-refractivity contribution >= 4 is 17.0 Å². The number of hydrogen-bond donors (Lipinski definition) is 2. The number of aromatic carboxylic acids is 1. The Morgan fingerprint density at radius 2 is 1.94 bits per heavy atom. The molecule has 0 saturated heterocycles. The van der Waals surface area contributed by atoms with Crippen LogP contribution in [0.4, 0.5) is 8.78 Å². The molecule has 35 heavy (non-hydrogen) atoms. The van der Waals surface area contributed by atoms with Gasteiger partial charge >= 0.3 is 5.97 Å². The van der Waals surface area contributed by atoms with E-state index in [0.717, 1.165) is 27.9 Å². The summed E-state index contributed by atoms with van der Waals surface area (Å²) in [5.41, 5.74) is 5.07. The molecule has 0 spiro atoms. The lowest BCUT2D eigenvalue weighted by atomic mass is 9.87. The smallest absolute Gasteiger partial charge is 0.339 e. The normalized spacial score (nSPS) is 16.1. The Labute approximate surface area is 200 Å². The molecule has 1 aliphatic rings. The van der Waals surface area contributed by atoms with E-state index in [2.05, 4.69) is 5.16 Å². The van der Waals surface area contributed by atoms with Crippen molar-refractivity contribution in [2.75, 3.05) is 0 Å².